The summed E-state index contributed by atoms with van der Waals surface area (Å²) in [5.74, 6) is 0.651. The number of carbonyl (C=O) groups is 1. The zero-order valence-corrected chi connectivity index (χ0v) is 14.4. The Kier molecular flexibility index (Phi) is 6.46. The van der Waals surface area contributed by atoms with Crippen LogP contribution in [0.25, 0.3) is 0 Å². The lowest BCUT2D eigenvalue weighted by Gasteiger charge is -2.24. The second-order valence-electron chi connectivity index (χ2n) is 5.40. The Morgan fingerprint density at radius 1 is 1.12 bits per heavy atom. The summed E-state index contributed by atoms with van der Waals surface area (Å²) in [5, 5.41) is 15.2. The molecule has 0 saturated carbocycles. The molecule has 0 saturated heterocycles. The number of carbonyl (C=O) groups excluding carboxylic acids is 1. The van der Waals surface area contributed by atoms with E-state index >= 15 is 0 Å². The molecule has 2 rings (SSSR count). The lowest BCUT2D eigenvalue weighted by atomic mass is 9.97. The molecule has 0 fully saturated rings. The maximum Gasteiger partial charge on any atom is 0.315 e. The second kappa shape index (κ2) is 8.57. The molecular weight excluding hydrogens is 328 g/mol. The molecule has 6 heteroatoms. The number of aliphatic hydroxyl groups is 1. The van der Waals surface area contributed by atoms with Gasteiger partial charge in [-0.15, -0.1) is 0 Å². The van der Waals surface area contributed by atoms with Crippen molar-refractivity contribution in [3.05, 3.63) is 64.7 Å². The van der Waals surface area contributed by atoms with Gasteiger partial charge in [-0.05, 0) is 24.6 Å². The van der Waals surface area contributed by atoms with E-state index in [1.54, 1.807) is 20.1 Å². The van der Waals surface area contributed by atoms with E-state index in [9.17, 15) is 4.79 Å². The Balaban J connectivity index is 2.39. The second-order valence-corrected chi connectivity index (χ2v) is 5.81. The molecule has 0 aliphatic rings. The number of halogens is 1. The van der Waals surface area contributed by atoms with Crippen molar-refractivity contribution in [3.63, 3.8) is 0 Å². The molecule has 24 heavy (non-hydrogen) atoms. The number of para-hydroxylation sites is 1. The highest BCUT2D eigenvalue weighted by Gasteiger charge is 2.22. The van der Waals surface area contributed by atoms with Crippen molar-refractivity contribution in [2.45, 2.75) is 19.0 Å². The van der Waals surface area contributed by atoms with Gasteiger partial charge in [0.2, 0.25) is 0 Å². The fourth-order valence-corrected chi connectivity index (χ4v) is 2.62. The first-order valence-electron chi connectivity index (χ1n) is 7.62. The van der Waals surface area contributed by atoms with Crippen LogP contribution in [-0.4, -0.2) is 30.9 Å². The average Bonchev–Trinajstić information content (AvgIpc) is 2.60. The summed E-state index contributed by atoms with van der Waals surface area (Å²) in [5.41, 5.74) is 1.55. The fourth-order valence-electron chi connectivity index (χ4n) is 2.38. The molecule has 2 aromatic carbocycles. The maximum atomic E-state index is 12.3. The summed E-state index contributed by atoms with van der Waals surface area (Å²) in [6, 6.07) is 13.5. The van der Waals surface area contributed by atoms with E-state index in [-0.39, 0.29) is 12.6 Å². The molecular formula is C18H21ClN2O3. The largest absolute Gasteiger partial charge is 0.496 e. The highest BCUT2D eigenvalue weighted by atomic mass is 35.5. The van der Waals surface area contributed by atoms with Gasteiger partial charge in [0.15, 0.2) is 0 Å². The van der Waals surface area contributed by atoms with E-state index in [1.807, 2.05) is 42.5 Å². The number of amides is 2. The third-order valence-corrected chi connectivity index (χ3v) is 3.94. The van der Waals surface area contributed by atoms with Gasteiger partial charge in [-0.2, -0.15) is 0 Å². The molecule has 0 unspecified atom stereocenters. The minimum Gasteiger partial charge on any atom is -0.496 e. The molecule has 3 N–H and O–H groups in total. The number of benzene rings is 2. The lowest BCUT2D eigenvalue weighted by molar-refractivity contribution is 0.218. The Morgan fingerprint density at radius 2 is 1.75 bits per heavy atom. The van der Waals surface area contributed by atoms with E-state index in [4.69, 9.17) is 21.4 Å². The number of hydrogen-bond acceptors (Lipinski definition) is 3. The van der Waals surface area contributed by atoms with Gasteiger partial charge < -0.3 is 20.5 Å². The van der Waals surface area contributed by atoms with Crippen molar-refractivity contribution in [3.8, 4) is 5.75 Å². The summed E-state index contributed by atoms with van der Waals surface area (Å²) < 4.78 is 5.42. The van der Waals surface area contributed by atoms with Crippen LogP contribution in [0.15, 0.2) is 48.5 Å². The smallest absolute Gasteiger partial charge is 0.315 e. The van der Waals surface area contributed by atoms with Crippen molar-refractivity contribution in [1.29, 1.82) is 0 Å². The van der Waals surface area contributed by atoms with Crippen LogP contribution >= 0.6 is 11.6 Å². The Labute approximate surface area is 146 Å². The normalized spacial score (nSPS) is 13.0. The minimum atomic E-state index is -0.485. The zero-order chi connectivity index (χ0) is 17.5. The van der Waals surface area contributed by atoms with E-state index in [1.165, 1.54) is 0 Å². The highest BCUT2D eigenvalue weighted by Crippen LogP contribution is 2.33. The van der Waals surface area contributed by atoms with Crippen LogP contribution in [0.2, 0.25) is 5.02 Å². The molecule has 0 bridgehead atoms. The molecule has 2 aromatic rings. The van der Waals surface area contributed by atoms with Gasteiger partial charge in [0.1, 0.15) is 5.75 Å². The van der Waals surface area contributed by atoms with Crippen molar-refractivity contribution in [2.75, 3.05) is 13.7 Å². The molecule has 2 amide bonds. The maximum absolute atomic E-state index is 12.3. The summed E-state index contributed by atoms with van der Waals surface area (Å²) in [6.45, 7) is 1.58. The van der Waals surface area contributed by atoms with Gasteiger partial charge in [0.05, 0.1) is 25.8 Å². The molecule has 128 valence electrons. The molecule has 0 radical (unpaired) electrons. The van der Waals surface area contributed by atoms with Crippen LogP contribution in [0.3, 0.4) is 0 Å². The fraction of sp³-hybridized carbons (Fsp3) is 0.278. The zero-order valence-electron chi connectivity index (χ0n) is 13.6. The summed E-state index contributed by atoms with van der Waals surface area (Å²) >= 11 is 6.33. The van der Waals surface area contributed by atoms with E-state index < -0.39 is 12.1 Å². The van der Waals surface area contributed by atoms with Crippen LogP contribution in [0.4, 0.5) is 4.79 Å². The molecule has 0 aliphatic heterocycles. The van der Waals surface area contributed by atoms with Crippen molar-refractivity contribution < 1.29 is 14.6 Å². The summed E-state index contributed by atoms with van der Waals surface area (Å²) in [6.07, 6.45) is 0. The summed E-state index contributed by atoms with van der Waals surface area (Å²) in [7, 11) is 1.58. The van der Waals surface area contributed by atoms with Gasteiger partial charge in [-0.25, -0.2) is 4.79 Å². The van der Waals surface area contributed by atoms with Gasteiger partial charge in [-0.3, -0.25) is 0 Å². The molecule has 0 spiro atoms. The lowest BCUT2D eigenvalue weighted by Crippen LogP contribution is -2.44. The average molecular weight is 349 g/mol. The van der Waals surface area contributed by atoms with Gasteiger partial charge >= 0.3 is 6.03 Å². The van der Waals surface area contributed by atoms with Crippen molar-refractivity contribution in [1.82, 2.24) is 10.6 Å². The van der Waals surface area contributed by atoms with Crippen LogP contribution in [0.1, 0.15) is 24.1 Å². The van der Waals surface area contributed by atoms with Crippen LogP contribution < -0.4 is 15.4 Å². The predicted molar refractivity (Wildman–Crippen MR) is 94.5 cm³/mol. The minimum absolute atomic E-state index is 0.140. The number of rotatable bonds is 6. The monoisotopic (exact) mass is 348 g/mol. The van der Waals surface area contributed by atoms with E-state index in [0.717, 1.165) is 11.1 Å². The van der Waals surface area contributed by atoms with Crippen molar-refractivity contribution >= 4 is 17.6 Å². The van der Waals surface area contributed by atoms with E-state index in [2.05, 4.69) is 10.6 Å². The predicted octanol–water partition coefficient (Wildman–Crippen LogP) is 3.12. The Bertz CT molecular complexity index is 693. The third-order valence-electron chi connectivity index (χ3n) is 3.59. The van der Waals surface area contributed by atoms with Gasteiger partial charge in [0, 0.05) is 10.6 Å². The number of methoxy groups -OCH3 is 1. The van der Waals surface area contributed by atoms with Gasteiger partial charge in [-0.1, -0.05) is 48.0 Å². The molecule has 0 aliphatic carbocycles. The van der Waals surface area contributed by atoms with Gasteiger partial charge in [0.25, 0.3) is 0 Å². The quantitative estimate of drug-likeness (QED) is 0.751. The third kappa shape index (κ3) is 4.40. The molecule has 5 nitrogen and oxygen atoms in total. The van der Waals surface area contributed by atoms with Crippen LogP contribution in [-0.2, 0) is 0 Å². The van der Waals surface area contributed by atoms with E-state index in [0.29, 0.717) is 10.8 Å². The first-order valence-corrected chi connectivity index (χ1v) is 7.99. The first-order chi connectivity index (χ1) is 11.6. The Morgan fingerprint density at radius 3 is 2.38 bits per heavy atom. The molecule has 0 heterocycles. The highest BCUT2D eigenvalue weighted by molar-refractivity contribution is 6.31. The summed E-state index contributed by atoms with van der Waals surface area (Å²) in [4.78, 5) is 12.3. The van der Waals surface area contributed by atoms with Crippen LogP contribution in [0, 0.1) is 0 Å². The standard InChI is InChI=1S/C18H21ClN2O3/c1-12(11-22)20-18(23)21-17(13-7-3-5-9-15(13)19)14-8-4-6-10-16(14)24-2/h3-10,12,17,22H,11H2,1-2H3,(H2,20,21,23)/t12-,17-/m0/s1. The Hall–Kier alpha value is -2.24. The first kappa shape index (κ1) is 18.1. The van der Waals surface area contributed by atoms with Crippen molar-refractivity contribution in [2.24, 2.45) is 0 Å². The number of ether oxygens (including phenoxy) is 1. The molecule has 2 atom stereocenters. The number of hydrogen-bond donors (Lipinski definition) is 3. The topological polar surface area (TPSA) is 70.6 Å². The number of aliphatic hydroxyl groups excluding tert-OH is 1. The SMILES string of the molecule is COc1ccccc1[C@@H](NC(=O)N[C@@H](C)CO)c1ccccc1Cl. The number of nitrogens with one attached hydrogen (secondary N) is 2. The van der Waals surface area contributed by atoms with Crippen LogP contribution in [0.5, 0.6) is 5.75 Å². The number of urea groups is 1. The molecule has 0 aromatic heterocycles.